The van der Waals surface area contributed by atoms with Crippen LogP contribution in [0.4, 0.5) is 5.69 Å². The van der Waals surface area contributed by atoms with Crippen LogP contribution in [-0.2, 0) is 9.59 Å². The zero-order valence-electron chi connectivity index (χ0n) is 14.4. The number of rotatable bonds is 5. The van der Waals surface area contributed by atoms with Crippen LogP contribution < -0.4 is 4.90 Å². The van der Waals surface area contributed by atoms with E-state index in [4.69, 9.17) is 0 Å². The Hall–Kier alpha value is -1.37. The third-order valence-corrected chi connectivity index (χ3v) is 7.95. The highest BCUT2D eigenvalue weighted by Crippen LogP contribution is 2.48. The number of hydrogen-bond donors (Lipinski definition) is 0. The fourth-order valence-corrected chi connectivity index (χ4v) is 6.33. The molecule has 0 spiro atoms. The average molecular weight is 402 g/mol. The maximum absolute atomic E-state index is 13.3. The van der Waals surface area contributed by atoms with Gasteiger partial charge in [0.15, 0.2) is 11.6 Å². The molecule has 4 rings (SSSR count). The Bertz CT molecular complexity index is 791. The number of hydrogen-bond acceptors (Lipinski definition) is 6. The highest BCUT2D eigenvalue weighted by atomic mass is 32.2. The van der Waals surface area contributed by atoms with Crippen LogP contribution in [0, 0.1) is 0 Å². The maximum Gasteiger partial charge on any atom is 0.182 e. The number of para-hydroxylation sites is 1. The van der Waals surface area contributed by atoms with Gasteiger partial charge in [-0.3, -0.25) is 9.59 Å². The average Bonchev–Trinajstić information content (AvgIpc) is 3.41. The van der Waals surface area contributed by atoms with Gasteiger partial charge in [-0.15, -0.1) is 23.5 Å². The molecule has 0 amide bonds. The summed E-state index contributed by atoms with van der Waals surface area (Å²) in [7, 11) is 0. The number of fused-ring (bicyclic) bond motifs is 1. The first kappa shape index (κ1) is 18.0. The molecule has 0 aliphatic carbocycles. The zero-order chi connectivity index (χ0) is 18.1. The van der Waals surface area contributed by atoms with Gasteiger partial charge < -0.3 is 4.90 Å². The maximum atomic E-state index is 13.3. The van der Waals surface area contributed by atoms with Gasteiger partial charge in [-0.25, -0.2) is 0 Å². The van der Waals surface area contributed by atoms with Gasteiger partial charge in [-0.2, -0.15) is 0 Å². The van der Waals surface area contributed by atoms with E-state index in [2.05, 4.69) is 24.0 Å². The fraction of sp³-hybridized carbons (Fsp3) is 0.300. The topological polar surface area (TPSA) is 37.4 Å². The summed E-state index contributed by atoms with van der Waals surface area (Å²) < 4.78 is 0. The molecule has 3 aliphatic heterocycles. The predicted molar refractivity (Wildman–Crippen MR) is 113 cm³/mol. The first-order valence-electron chi connectivity index (χ1n) is 8.68. The van der Waals surface area contributed by atoms with Gasteiger partial charge >= 0.3 is 0 Å². The summed E-state index contributed by atoms with van der Waals surface area (Å²) in [5.41, 5.74) is 1.48. The van der Waals surface area contributed by atoms with Crippen molar-refractivity contribution in [3.63, 3.8) is 0 Å². The fourth-order valence-electron chi connectivity index (χ4n) is 3.30. The summed E-state index contributed by atoms with van der Waals surface area (Å²) in [5, 5.41) is 4.39. The normalized spacial score (nSPS) is 23.6. The third-order valence-electron chi connectivity index (χ3n) is 4.59. The lowest BCUT2D eigenvalue weighted by atomic mass is 9.99. The van der Waals surface area contributed by atoms with Crippen molar-refractivity contribution in [1.82, 2.24) is 0 Å². The molecule has 134 valence electrons. The number of benzene rings is 1. The molecule has 3 heterocycles. The molecule has 0 bridgehead atoms. The van der Waals surface area contributed by atoms with Gasteiger partial charge in [0.2, 0.25) is 0 Å². The second-order valence-corrected chi connectivity index (χ2v) is 9.44. The number of thioether (sulfide) groups is 3. The van der Waals surface area contributed by atoms with E-state index in [9.17, 15) is 9.59 Å². The van der Waals surface area contributed by atoms with E-state index in [0.29, 0.717) is 18.4 Å². The molecule has 0 radical (unpaired) electrons. The van der Waals surface area contributed by atoms with Gasteiger partial charge in [-0.1, -0.05) is 36.0 Å². The molecule has 1 aromatic carbocycles. The number of allylic oxidation sites excluding steroid dienone is 3. The second kappa shape index (κ2) is 7.71. The Kier molecular flexibility index (Phi) is 5.34. The number of anilines is 1. The van der Waals surface area contributed by atoms with Crippen LogP contribution in [0.3, 0.4) is 0 Å². The highest BCUT2D eigenvalue weighted by Gasteiger charge is 2.38. The minimum Gasteiger partial charge on any atom is -0.335 e. The number of Topliss-reactive ketones (excluding diaryl/α,β-unsaturated/α-hetero) is 2. The predicted octanol–water partition coefficient (Wildman–Crippen LogP) is 5.01. The van der Waals surface area contributed by atoms with Crippen LogP contribution in [0.1, 0.15) is 19.8 Å². The molecule has 3 nitrogen and oxygen atoms in total. The highest BCUT2D eigenvalue weighted by molar-refractivity contribution is 8.04. The SMILES string of the molecule is CCN1C(=C(C(=O)C2CC=CS2)C(=O)C2CC=CS2)Sc2ccccc21. The smallest absolute Gasteiger partial charge is 0.182 e. The Morgan fingerprint density at radius 1 is 1.04 bits per heavy atom. The Morgan fingerprint density at radius 2 is 1.65 bits per heavy atom. The van der Waals surface area contributed by atoms with Crippen LogP contribution in [0.15, 0.2) is 62.7 Å². The van der Waals surface area contributed by atoms with Crippen LogP contribution in [0.2, 0.25) is 0 Å². The first-order chi connectivity index (χ1) is 12.7. The molecule has 0 saturated heterocycles. The molecule has 26 heavy (non-hydrogen) atoms. The largest absolute Gasteiger partial charge is 0.335 e. The van der Waals surface area contributed by atoms with E-state index < -0.39 is 0 Å². The molecule has 3 aliphatic rings. The first-order valence-corrected chi connectivity index (χ1v) is 11.4. The van der Waals surface area contributed by atoms with Crippen LogP contribution in [-0.4, -0.2) is 28.6 Å². The summed E-state index contributed by atoms with van der Waals surface area (Å²) >= 11 is 4.60. The minimum absolute atomic E-state index is 0.0220. The van der Waals surface area contributed by atoms with Crippen molar-refractivity contribution >= 4 is 52.5 Å². The Morgan fingerprint density at radius 3 is 2.19 bits per heavy atom. The standard InChI is InChI=1S/C20H19NO2S3/c1-2-21-13-7-3-4-8-14(13)26-20(21)17(18(22)15-9-5-11-24-15)19(23)16-10-6-12-25-16/h3-8,11-12,15-16H,2,9-10H2,1H3. The Labute approximate surface area is 166 Å². The van der Waals surface area contributed by atoms with Crippen LogP contribution in [0.5, 0.6) is 0 Å². The molecule has 0 N–H and O–H groups in total. The van der Waals surface area contributed by atoms with Crippen LogP contribution in [0.25, 0.3) is 0 Å². The van der Waals surface area contributed by atoms with Crippen molar-refractivity contribution < 1.29 is 9.59 Å². The Balaban J connectivity index is 1.77. The number of carbonyl (C=O) groups is 2. The number of ketones is 2. The summed E-state index contributed by atoms with van der Waals surface area (Å²) in [4.78, 5) is 29.9. The van der Waals surface area contributed by atoms with E-state index in [1.807, 2.05) is 35.1 Å². The van der Waals surface area contributed by atoms with E-state index in [1.54, 1.807) is 11.8 Å². The quantitative estimate of drug-likeness (QED) is 0.392. The molecule has 2 atom stereocenters. The molecular weight excluding hydrogens is 382 g/mol. The molecule has 0 aromatic heterocycles. The lowest BCUT2D eigenvalue weighted by Crippen LogP contribution is -2.31. The van der Waals surface area contributed by atoms with Gasteiger partial charge in [-0.05, 0) is 42.7 Å². The summed E-state index contributed by atoms with van der Waals surface area (Å²) in [6.07, 6.45) is 5.43. The van der Waals surface area contributed by atoms with Crippen LogP contribution >= 0.6 is 35.3 Å². The molecule has 0 saturated carbocycles. The van der Waals surface area contributed by atoms with Gasteiger partial charge in [0.25, 0.3) is 0 Å². The molecular formula is C20H19NO2S3. The second-order valence-electron chi connectivity index (χ2n) is 6.19. The zero-order valence-corrected chi connectivity index (χ0v) is 16.8. The summed E-state index contributed by atoms with van der Waals surface area (Å²) in [6.45, 7) is 2.79. The number of carbonyl (C=O) groups excluding carboxylic acids is 2. The summed E-state index contributed by atoms with van der Waals surface area (Å²) in [5.74, 6) is -0.0440. The lowest BCUT2D eigenvalue weighted by Gasteiger charge is -2.23. The molecule has 0 fully saturated rings. The van der Waals surface area contributed by atoms with Crippen molar-refractivity contribution in [3.05, 3.63) is 57.8 Å². The van der Waals surface area contributed by atoms with Crippen molar-refractivity contribution in [2.45, 2.75) is 35.2 Å². The van der Waals surface area contributed by atoms with Gasteiger partial charge in [0.1, 0.15) is 0 Å². The van der Waals surface area contributed by atoms with Crippen molar-refractivity contribution in [2.75, 3.05) is 11.4 Å². The van der Waals surface area contributed by atoms with Gasteiger partial charge in [0, 0.05) is 11.4 Å². The molecule has 6 heteroatoms. The molecule has 1 aromatic rings. The van der Waals surface area contributed by atoms with E-state index in [0.717, 1.165) is 22.2 Å². The number of nitrogens with zero attached hydrogens (tertiary/aromatic N) is 1. The van der Waals surface area contributed by atoms with E-state index >= 15 is 0 Å². The minimum atomic E-state index is -0.177. The van der Waals surface area contributed by atoms with Crippen molar-refractivity contribution in [2.24, 2.45) is 0 Å². The van der Waals surface area contributed by atoms with Crippen molar-refractivity contribution in [3.8, 4) is 0 Å². The third kappa shape index (κ3) is 3.19. The van der Waals surface area contributed by atoms with Crippen molar-refractivity contribution in [1.29, 1.82) is 0 Å². The van der Waals surface area contributed by atoms with E-state index in [-0.39, 0.29) is 22.1 Å². The monoisotopic (exact) mass is 401 g/mol. The van der Waals surface area contributed by atoms with E-state index in [1.165, 1.54) is 23.5 Å². The van der Waals surface area contributed by atoms with Gasteiger partial charge in [0.05, 0.1) is 26.8 Å². The molecule has 2 unspecified atom stereocenters. The lowest BCUT2D eigenvalue weighted by molar-refractivity contribution is -0.120. The summed E-state index contributed by atoms with van der Waals surface area (Å²) in [6, 6.07) is 8.12.